The van der Waals surface area contributed by atoms with E-state index in [0.29, 0.717) is 6.10 Å². The third-order valence-corrected chi connectivity index (χ3v) is 3.88. The lowest BCUT2D eigenvalue weighted by Gasteiger charge is -2.31. The highest BCUT2D eigenvalue weighted by Crippen LogP contribution is 2.22. The van der Waals surface area contributed by atoms with Gasteiger partial charge in [0.1, 0.15) is 5.75 Å². The van der Waals surface area contributed by atoms with Crippen molar-refractivity contribution in [2.75, 3.05) is 26.8 Å². The lowest BCUT2D eigenvalue weighted by Crippen LogP contribution is -2.42. The predicted octanol–water partition coefficient (Wildman–Crippen LogP) is 2.32. The molecule has 1 aliphatic heterocycles. The number of piperidine rings is 1. The van der Waals surface area contributed by atoms with Gasteiger partial charge in [0, 0.05) is 20.2 Å². The average Bonchev–Trinajstić information content (AvgIpc) is 2.46. The molecule has 20 heavy (non-hydrogen) atoms. The number of carbonyl (C=O) groups is 1. The lowest BCUT2D eigenvalue weighted by molar-refractivity contribution is -0.135. The Morgan fingerprint density at radius 3 is 2.40 bits per heavy atom. The van der Waals surface area contributed by atoms with Crippen molar-refractivity contribution in [1.29, 1.82) is 0 Å². The fourth-order valence-corrected chi connectivity index (χ4v) is 2.59. The van der Waals surface area contributed by atoms with Gasteiger partial charge in [0.15, 0.2) is 6.61 Å². The van der Waals surface area contributed by atoms with Gasteiger partial charge in [-0.2, -0.15) is 0 Å². The van der Waals surface area contributed by atoms with Crippen molar-refractivity contribution in [3.8, 4) is 5.75 Å². The van der Waals surface area contributed by atoms with Crippen molar-refractivity contribution in [1.82, 2.24) is 4.90 Å². The number of aryl methyl sites for hydroxylation is 2. The van der Waals surface area contributed by atoms with E-state index in [1.54, 1.807) is 7.11 Å². The number of ether oxygens (including phenoxy) is 2. The first kappa shape index (κ1) is 14.9. The quantitative estimate of drug-likeness (QED) is 0.848. The van der Waals surface area contributed by atoms with Crippen LogP contribution in [-0.2, 0) is 9.53 Å². The molecule has 1 heterocycles. The standard InChI is InChI=1S/C16H23NO3/c1-12-5-4-6-13(2)16(12)20-11-15(18)17-9-7-14(19-3)8-10-17/h4-6,14H,7-11H2,1-3H3. The van der Waals surface area contributed by atoms with Crippen LogP contribution < -0.4 is 4.74 Å². The van der Waals surface area contributed by atoms with Crippen LogP contribution in [0.3, 0.4) is 0 Å². The fourth-order valence-electron chi connectivity index (χ4n) is 2.59. The molecular weight excluding hydrogens is 254 g/mol. The number of nitrogens with zero attached hydrogens (tertiary/aromatic N) is 1. The maximum atomic E-state index is 12.1. The van der Waals surface area contributed by atoms with Gasteiger partial charge in [-0.3, -0.25) is 4.79 Å². The zero-order chi connectivity index (χ0) is 14.5. The van der Waals surface area contributed by atoms with E-state index in [-0.39, 0.29) is 12.5 Å². The Balaban J connectivity index is 1.87. The number of rotatable bonds is 4. The summed E-state index contributed by atoms with van der Waals surface area (Å²) in [6.45, 7) is 5.62. The molecule has 0 unspecified atom stereocenters. The van der Waals surface area contributed by atoms with Gasteiger partial charge in [-0.05, 0) is 37.8 Å². The van der Waals surface area contributed by atoms with Crippen LogP contribution in [0.4, 0.5) is 0 Å². The second-order valence-corrected chi connectivity index (χ2v) is 5.33. The Kier molecular flexibility index (Phi) is 5.01. The first-order valence-electron chi connectivity index (χ1n) is 7.11. The summed E-state index contributed by atoms with van der Waals surface area (Å²) >= 11 is 0. The average molecular weight is 277 g/mol. The van der Waals surface area contributed by atoms with Gasteiger partial charge in [0.2, 0.25) is 0 Å². The summed E-state index contributed by atoms with van der Waals surface area (Å²) in [5.41, 5.74) is 2.13. The van der Waals surface area contributed by atoms with E-state index in [9.17, 15) is 4.79 Å². The van der Waals surface area contributed by atoms with Crippen molar-refractivity contribution in [3.63, 3.8) is 0 Å². The molecule has 0 aromatic heterocycles. The van der Waals surface area contributed by atoms with Crippen molar-refractivity contribution >= 4 is 5.91 Å². The number of para-hydroxylation sites is 1. The number of hydrogen-bond donors (Lipinski definition) is 0. The Hall–Kier alpha value is -1.55. The van der Waals surface area contributed by atoms with Crippen LogP contribution in [0, 0.1) is 13.8 Å². The highest BCUT2D eigenvalue weighted by molar-refractivity contribution is 5.78. The minimum absolute atomic E-state index is 0.0576. The number of amides is 1. The van der Waals surface area contributed by atoms with E-state index >= 15 is 0 Å². The van der Waals surface area contributed by atoms with Gasteiger partial charge in [0.05, 0.1) is 6.10 Å². The molecule has 0 spiro atoms. The van der Waals surface area contributed by atoms with Crippen molar-refractivity contribution in [2.45, 2.75) is 32.8 Å². The maximum absolute atomic E-state index is 12.1. The number of likely N-dealkylation sites (tertiary alicyclic amines) is 1. The van der Waals surface area contributed by atoms with Crippen LogP contribution in [-0.4, -0.2) is 43.7 Å². The molecule has 1 aromatic rings. The minimum atomic E-state index is 0.0576. The number of benzene rings is 1. The highest BCUT2D eigenvalue weighted by Gasteiger charge is 2.22. The predicted molar refractivity (Wildman–Crippen MR) is 78.0 cm³/mol. The maximum Gasteiger partial charge on any atom is 0.260 e. The number of carbonyl (C=O) groups excluding carboxylic acids is 1. The molecular formula is C16H23NO3. The molecule has 110 valence electrons. The van der Waals surface area contributed by atoms with Crippen LogP contribution in [0.5, 0.6) is 5.75 Å². The molecule has 1 aliphatic rings. The third-order valence-electron chi connectivity index (χ3n) is 3.88. The van der Waals surface area contributed by atoms with E-state index in [2.05, 4.69) is 0 Å². The molecule has 4 nitrogen and oxygen atoms in total. The molecule has 0 bridgehead atoms. The van der Waals surface area contributed by atoms with E-state index in [4.69, 9.17) is 9.47 Å². The summed E-state index contributed by atoms with van der Waals surface area (Å²) in [6, 6.07) is 5.99. The molecule has 1 fully saturated rings. The van der Waals surface area contributed by atoms with Gasteiger partial charge >= 0.3 is 0 Å². The molecule has 0 atom stereocenters. The second kappa shape index (κ2) is 6.75. The lowest BCUT2D eigenvalue weighted by atomic mass is 10.1. The molecule has 1 amide bonds. The minimum Gasteiger partial charge on any atom is -0.483 e. The summed E-state index contributed by atoms with van der Waals surface area (Å²) < 4.78 is 11.0. The fraction of sp³-hybridized carbons (Fsp3) is 0.562. The molecule has 4 heteroatoms. The summed E-state index contributed by atoms with van der Waals surface area (Å²) in [7, 11) is 1.73. The van der Waals surface area contributed by atoms with E-state index in [0.717, 1.165) is 42.8 Å². The Morgan fingerprint density at radius 1 is 1.25 bits per heavy atom. The largest absolute Gasteiger partial charge is 0.483 e. The van der Waals surface area contributed by atoms with Crippen LogP contribution in [0.15, 0.2) is 18.2 Å². The Labute approximate surface area is 120 Å². The van der Waals surface area contributed by atoms with Gasteiger partial charge in [-0.15, -0.1) is 0 Å². The van der Waals surface area contributed by atoms with Crippen molar-refractivity contribution < 1.29 is 14.3 Å². The molecule has 1 aromatic carbocycles. The van der Waals surface area contributed by atoms with Gasteiger partial charge < -0.3 is 14.4 Å². The van der Waals surface area contributed by atoms with Gasteiger partial charge in [-0.25, -0.2) is 0 Å². The summed E-state index contributed by atoms with van der Waals surface area (Å²) in [5, 5.41) is 0. The van der Waals surface area contributed by atoms with E-state index in [1.807, 2.05) is 36.9 Å². The van der Waals surface area contributed by atoms with Crippen molar-refractivity contribution in [2.24, 2.45) is 0 Å². The molecule has 0 saturated carbocycles. The smallest absolute Gasteiger partial charge is 0.260 e. The van der Waals surface area contributed by atoms with Gasteiger partial charge in [0.25, 0.3) is 5.91 Å². The zero-order valence-electron chi connectivity index (χ0n) is 12.5. The third kappa shape index (κ3) is 3.51. The molecule has 0 radical (unpaired) electrons. The normalized spacial score (nSPS) is 16.2. The van der Waals surface area contributed by atoms with E-state index < -0.39 is 0 Å². The second-order valence-electron chi connectivity index (χ2n) is 5.33. The Morgan fingerprint density at radius 2 is 1.85 bits per heavy atom. The first-order valence-corrected chi connectivity index (χ1v) is 7.11. The SMILES string of the molecule is COC1CCN(C(=O)COc2c(C)cccc2C)CC1. The number of methoxy groups -OCH3 is 1. The molecule has 0 aliphatic carbocycles. The first-order chi connectivity index (χ1) is 9.61. The summed E-state index contributed by atoms with van der Waals surface area (Å²) in [6.07, 6.45) is 2.11. The van der Waals surface area contributed by atoms with Crippen LogP contribution in [0.25, 0.3) is 0 Å². The van der Waals surface area contributed by atoms with Crippen LogP contribution in [0.1, 0.15) is 24.0 Å². The van der Waals surface area contributed by atoms with Crippen LogP contribution >= 0.6 is 0 Å². The summed E-state index contributed by atoms with van der Waals surface area (Å²) in [4.78, 5) is 14.0. The molecule has 1 saturated heterocycles. The Bertz CT molecular complexity index is 445. The van der Waals surface area contributed by atoms with E-state index in [1.165, 1.54) is 0 Å². The zero-order valence-corrected chi connectivity index (χ0v) is 12.5. The van der Waals surface area contributed by atoms with Crippen molar-refractivity contribution in [3.05, 3.63) is 29.3 Å². The van der Waals surface area contributed by atoms with Crippen LogP contribution in [0.2, 0.25) is 0 Å². The highest BCUT2D eigenvalue weighted by atomic mass is 16.5. The molecule has 2 rings (SSSR count). The summed E-state index contributed by atoms with van der Waals surface area (Å²) in [5.74, 6) is 0.884. The monoisotopic (exact) mass is 277 g/mol. The van der Waals surface area contributed by atoms with Gasteiger partial charge in [-0.1, -0.05) is 18.2 Å². The number of hydrogen-bond acceptors (Lipinski definition) is 3. The topological polar surface area (TPSA) is 38.8 Å². The molecule has 0 N–H and O–H groups in total.